The van der Waals surface area contributed by atoms with E-state index in [0.717, 1.165) is 24.8 Å². The summed E-state index contributed by atoms with van der Waals surface area (Å²) in [4.78, 5) is 15.3. The minimum Gasteiger partial charge on any atom is -0.480 e. The summed E-state index contributed by atoms with van der Waals surface area (Å²) in [7, 11) is 0. The Morgan fingerprint density at radius 2 is 1.88 bits per heavy atom. The Morgan fingerprint density at radius 1 is 1.24 bits per heavy atom. The number of carboxylic acids is 1. The zero-order valence-electron chi connectivity index (χ0n) is 9.65. The van der Waals surface area contributed by atoms with Crippen molar-refractivity contribution in [1.82, 2.24) is 4.98 Å². The van der Waals surface area contributed by atoms with Gasteiger partial charge in [-0.1, -0.05) is 31.1 Å². The van der Waals surface area contributed by atoms with Gasteiger partial charge in [0.1, 0.15) is 5.41 Å². The molecule has 1 aromatic heterocycles. The molecule has 0 atom stereocenters. The van der Waals surface area contributed by atoms with Crippen molar-refractivity contribution >= 4 is 5.97 Å². The maximum Gasteiger partial charge on any atom is 0.321 e. The van der Waals surface area contributed by atoms with Crippen LogP contribution in [-0.4, -0.2) is 16.1 Å². The maximum atomic E-state index is 11.4. The molecule has 1 saturated carbocycles. The van der Waals surface area contributed by atoms with Crippen LogP contribution in [0.25, 0.3) is 0 Å². The van der Waals surface area contributed by atoms with Gasteiger partial charge in [-0.05, 0) is 25.0 Å². The molecule has 2 rings (SSSR count). The largest absolute Gasteiger partial charge is 0.480 e. The van der Waals surface area contributed by atoms with E-state index in [1.54, 1.807) is 24.5 Å². The highest BCUT2D eigenvalue weighted by atomic mass is 16.4. The van der Waals surface area contributed by atoms with E-state index in [0.29, 0.717) is 12.8 Å². The molecular formula is C14H15NO2. The van der Waals surface area contributed by atoms with Crippen LogP contribution in [0, 0.1) is 17.3 Å². The molecule has 1 aliphatic carbocycles. The summed E-state index contributed by atoms with van der Waals surface area (Å²) in [5, 5.41) is 9.35. The van der Waals surface area contributed by atoms with E-state index >= 15 is 0 Å². The van der Waals surface area contributed by atoms with Gasteiger partial charge in [-0.25, -0.2) is 0 Å². The van der Waals surface area contributed by atoms with Crippen LogP contribution in [0.2, 0.25) is 0 Å². The Morgan fingerprint density at radius 3 is 2.47 bits per heavy atom. The predicted octanol–water partition coefficient (Wildman–Crippen LogP) is 2.47. The molecule has 1 aliphatic rings. The van der Waals surface area contributed by atoms with E-state index in [2.05, 4.69) is 16.8 Å². The standard InChI is InChI=1S/C14H15NO2/c16-13(17)14(7-2-1-3-8-14)9-4-12-5-10-15-11-6-12/h5-6,10-11H,1-3,7-8H2,(H,16,17). The lowest BCUT2D eigenvalue weighted by molar-refractivity contribution is -0.146. The van der Waals surface area contributed by atoms with E-state index in [-0.39, 0.29) is 0 Å². The minimum absolute atomic E-state index is 0.667. The van der Waals surface area contributed by atoms with Crippen LogP contribution in [0.15, 0.2) is 24.5 Å². The second-order valence-electron chi connectivity index (χ2n) is 4.43. The van der Waals surface area contributed by atoms with Crippen LogP contribution in [0.1, 0.15) is 37.7 Å². The SMILES string of the molecule is O=C(O)C1(C#Cc2ccncc2)CCCCC1. The molecule has 0 amide bonds. The van der Waals surface area contributed by atoms with Crippen molar-refractivity contribution in [3.8, 4) is 11.8 Å². The number of hydrogen-bond acceptors (Lipinski definition) is 2. The van der Waals surface area contributed by atoms with Crippen LogP contribution in [0.4, 0.5) is 0 Å². The fourth-order valence-electron chi connectivity index (χ4n) is 2.17. The molecule has 1 aromatic rings. The van der Waals surface area contributed by atoms with Crippen molar-refractivity contribution in [3.63, 3.8) is 0 Å². The van der Waals surface area contributed by atoms with E-state index in [1.165, 1.54) is 0 Å². The monoisotopic (exact) mass is 229 g/mol. The smallest absolute Gasteiger partial charge is 0.321 e. The lowest BCUT2D eigenvalue weighted by Gasteiger charge is -2.27. The highest BCUT2D eigenvalue weighted by molar-refractivity contribution is 5.79. The zero-order chi connectivity index (χ0) is 12.1. The van der Waals surface area contributed by atoms with Gasteiger partial charge < -0.3 is 5.11 Å². The number of carboxylic acid groups (broad SMARTS) is 1. The molecule has 1 N–H and O–H groups in total. The van der Waals surface area contributed by atoms with Gasteiger partial charge in [-0.15, -0.1) is 0 Å². The average Bonchev–Trinajstić information content (AvgIpc) is 2.38. The highest BCUT2D eigenvalue weighted by Gasteiger charge is 2.37. The van der Waals surface area contributed by atoms with Gasteiger partial charge in [0.05, 0.1) is 0 Å². The molecule has 17 heavy (non-hydrogen) atoms. The van der Waals surface area contributed by atoms with Crippen LogP contribution in [0.3, 0.4) is 0 Å². The fraction of sp³-hybridized carbons (Fsp3) is 0.429. The fourth-order valence-corrected chi connectivity index (χ4v) is 2.17. The first-order valence-corrected chi connectivity index (χ1v) is 5.90. The van der Waals surface area contributed by atoms with Gasteiger partial charge in [0.15, 0.2) is 0 Å². The summed E-state index contributed by atoms with van der Waals surface area (Å²) < 4.78 is 0. The number of pyridine rings is 1. The molecule has 0 spiro atoms. The van der Waals surface area contributed by atoms with Crippen LogP contribution >= 0.6 is 0 Å². The molecule has 1 fully saturated rings. The zero-order valence-corrected chi connectivity index (χ0v) is 9.65. The third kappa shape index (κ3) is 2.65. The maximum absolute atomic E-state index is 11.4. The summed E-state index contributed by atoms with van der Waals surface area (Å²) in [6.45, 7) is 0. The molecule has 0 unspecified atom stereocenters. The second-order valence-corrected chi connectivity index (χ2v) is 4.43. The van der Waals surface area contributed by atoms with Crippen molar-refractivity contribution in [2.75, 3.05) is 0 Å². The molecule has 3 nitrogen and oxygen atoms in total. The predicted molar refractivity (Wildman–Crippen MR) is 64.3 cm³/mol. The van der Waals surface area contributed by atoms with E-state index in [1.807, 2.05) is 0 Å². The van der Waals surface area contributed by atoms with Gasteiger partial charge in [0.2, 0.25) is 0 Å². The third-order valence-electron chi connectivity index (χ3n) is 3.24. The number of aromatic nitrogens is 1. The molecule has 0 aliphatic heterocycles. The number of rotatable bonds is 1. The molecule has 0 radical (unpaired) electrons. The summed E-state index contributed by atoms with van der Waals surface area (Å²) in [6.07, 6.45) is 7.69. The summed E-state index contributed by atoms with van der Waals surface area (Å²) in [5.74, 6) is 5.16. The first-order valence-electron chi connectivity index (χ1n) is 5.90. The van der Waals surface area contributed by atoms with Crippen molar-refractivity contribution in [3.05, 3.63) is 30.1 Å². The van der Waals surface area contributed by atoms with Crippen LogP contribution in [-0.2, 0) is 4.79 Å². The molecule has 1 heterocycles. The van der Waals surface area contributed by atoms with Gasteiger partial charge in [0.25, 0.3) is 0 Å². The molecule has 3 heteroatoms. The van der Waals surface area contributed by atoms with E-state index in [9.17, 15) is 9.90 Å². The first kappa shape index (κ1) is 11.7. The Bertz CT molecular complexity index is 450. The van der Waals surface area contributed by atoms with Crippen molar-refractivity contribution < 1.29 is 9.90 Å². The Labute approximate surface area is 101 Å². The number of aliphatic carboxylic acids is 1. The molecule has 0 bridgehead atoms. The van der Waals surface area contributed by atoms with Gasteiger partial charge in [-0.3, -0.25) is 9.78 Å². The third-order valence-corrected chi connectivity index (χ3v) is 3.24. The molecule has 0 saturated heterocycles. The number of carbonyl (C=O) groups is 1. The lowest BCUT2D eigenvalue weighted by atomic mass is 9.74. The molecule has 0 aromatic carbocycles. The Kier molecular flexibility index (Phi) is 3.43. The second kappa shape index (κ2) is 5.01. The van der Waals surface area contributed by atoms with E-state index < -0.39 is 11.4 Å². The van der Waals surface area contributed by atoms with Crippen LogP contribution < -0.4 is 0 Å². The topological polar surface area (TPSA) is 50.2 Å². The Hall–Kier alpha value is -1.82. The van der Waals surface area contributed by atoms with Crippen LogP contribution in [0.5, 0.6) is 0 Å². The van der Waals surface area contributed by atoms with Gasteiger partial charge in [0, 0.05) is 18.0 Å². The summed E-state index contributed by atoms with van der Waals surface area (Å²) in [5.41, 5.74) is -0.00664. The number of hydrogen-bond donors (Lipinski definition) is 1. The quantitative estimate of drug-likeness (QED) is 0.752. The highest BCUT2D eigenvalue weighted by Crippen LogP contribution is 2.36. The Balaban J connectivity index is 2.24. The first-order chi connectivity index (χ1) is 8.23. The molecule has 88 valence electrons. The van der Waals surface area contributed by atoms with Crippen molar-refractivity contribution in [2.45, 2.75) is 32.1 Å². The van der Waals surface area contributed by atoms with Crippen molar-refractivity contribution in [1.29, 1.82) is 0 Å². The van der Waals surface area contributed by atoms with E-state index in [4.69, 9.17) is 0 Å². The average molecular weight is 229 g/mol. The summed E-state index contributed by atoms with van der Waals surface area (Å²) in [6, 6.07) is 3.59. The lowest BCUT2D eigenvalue weighted by Crippen LogP contribution is -2.31. The van der Waals surface area contributed by atoms with Gasteiger partial charge in [-0.2, -0.15) is 0 Å². The minimum atomic E-state index is -0.832. The van der Waals surface area contributed by atoms with Crippen molar-refractivity contribution in [2.24, 2.45) is 5.41 Å². The van der Waals surface area contributed by atoms with Gasteiger partial charge >= 0.3 is 5.97 Å². The normalized spacial score (nSPS) is 17.9. The number of nitrogens with zero attached hydrogens (tertiary/aromatic N) is 1. The summed E-state index contributed by atoms with van der Waals surface area (Å²) >= 11 is 0. The molecular weight excluding hydrogens is 214 g/mol.